The van der Waals surface area contributed by atoms with Gasteiger partial charge in [-0.15, -0.1) is 0 Å². The van der Waals surface area contributed by atoms with E-state index in [-0.39, 0.29) is 17.2 Å². The average Bonchev–Trinajstić information content (AvgIpc) is 2.88. The van der Waals surface area contributed by atoms with Gasteiger partial charge in [0, 0.05) is 10.4 Å². The first-order chi connectivity index (χ1) is 10.0. The number of phenols is 1. The van der Waals surface area contributed by atoms with Gasteiger partial charge in [0.1, 0.15) is 11.3 Å². The summed E-state index contributed by atoms with van der Waals surface area (Å²) in [4.78, 5) is 12.2. The Hall–Kier alpha value is -1.98. The lowest BCUT2D eigenvalue weighted by atomic mass is 10.2. The minimum Gasteiger partial charge on any atom is -0.506 e. The van der Waals surface area contributed by atoms with Crippen LogP contribution in [0.3, 0.4) is 0 Å². The molecule has 4 nitrogen and oxygen atoms in total. The summed E-state index contributed by atoms with van der Waals surface area (Å²) < 4.78 is 6.30. The van der Waals surface area contributed by atoms with Crippen LogP contribution in [0, 0.1) is 0 Å². The zero-order valence-electron chi connectivity index (χ0n) is 10.6. The summed E-state index contributed by atoms with van der Waals surface area (Å²) in [6, 6.07) is 11.6. The normalized spacial score (nSPS) is 10.8. The highest BCUT2D eigenvalue weighted by Crippen LogP contribution is 2.29. The molecule has 3 aromatic rings. The number of hydrogen-bond donors (Lipinski definition) is 2. The number of amides is 1. The molecule has 0 fully saturated rings. The Labute approximate surface area is 133 Å². The number of nitrogens with one attached hydrogen (secondary N) is 1. The molecular weight excluding hydrogens is 358 g/mol. The number of carbonyl (C=O) groups excluding carboxylic acids is 1. The largest absolute Gasteiger partial charge is 0.506 e. The number of halogens is 2. The van der Waals surface area contributed by atoms with E-state index in [0.717, 1.165) is 9.86 Å². The van der Waals surface area contributed by atoms with E-state index in [1.165, 1.54) is 18.2 Å². The zero-order valence-corrected chi connectivity index (χ0v) is 12.9. The Morgan fingerprint density at radius 2 is 2.05 bits per heavy atom. The quantitative estimate of drug-likeness (QED) is 0.640. The Morgan fingerprint density at radius 3 is 2.81 bits per heavy atom. The van der Waals surface area contributed by atoms with Gasteiger partial charge in [-0.1, -0.05) is 23.7 Å². The lowest BCUT2D eigenvalue weighted by Gasteiger charge is -2.05. The highest BCUT2D eigenvalue weighted by molar-refractivity contribution is 9.10. The molecule has 1 aromatic heterocycles. The van der Waals surface area contributed by atoms with Crippen LogP contribution in [0.2, 0.25) is 5.02 Å². The SMILES string of the molecule is O=C(Nc1cc(Cl)ccc1O)c1cc2cccc(Br)c2o1. The predicted octanol–water partition coefficient (Wildman–Crippen LogP) is 4.81. The van der Waals surface area contributed by atoms with Crippen LogP contribution in [0.1, 0.15) is 10.6 Å². The Balaban J connectivity index is 1.93. The third-order valence-corrected chi connectivity index (χ3v) is 3.79. The summed E-state index contributed by atoms with van der Waals surface area (Å²) in [5.41, 5.74) is 0.824. The number of rotatable bonds is 2. The third-order valence-electron chi connectivity index (χ3n) is 2.93. The van der Waals surface area contributed by atoms with Gasteiger partial charge in [-0.3, -0.25) is 4.79 Å². The van der Waals surface area contributed by atoms with Gasteiger partial charge >= 0.3 is 0 Å². The van der Waals surface area contributed by atoms with E-state index >= 15 is 0 Å². The molecule has 0 saturated heterocycles. The van der Waals surface area contributed by atoms with Crippen LogP contribution < -0.4 is 5.32 Å². The van der Waals surface area contributed by atoms with Crippen LogP contribution in [-0.4, -0.2) is 11.0 Å². The fraction of sp³-hybridized carbons (Fsp3) is 0. The van der Waals surface area contributed by atoms with Gasteiger partial charge in [-0.25, -0.2) is 0 Å². The van der Waals surface area contributed by atoms with Crippen LogP contribution >= 0.6 is 27.5 Å². The number of phenolic OH excluding ortho intramolecular Hbond substituents is 1. The third kappa shape index (κ3) is 2.75. The first kappa shape index (κ1) is 14.0. The average molecular weight is 367 g/mol. The molecule has 21 heavy (non-hydrogen) atoms. The minimum absolute atomic E-state index is 0.0648. The molecule has 3 rings (SSSR count). The number of hydrogen-bond acceptors (Lipinski definition) is 3. The van der Waals surface area contributed by atoms with E-state index in [1.54, 1.807) is 6.07 Å². The molecule has 106 valence electrons. The van der Waals surface area contributed by atoms with Gasteiger partial charge in [0.2, 0.25) is 0 Å². The van der Waals surface area contributed by atoms with E-state index in [2.05, 4.69) is 21.2 Å². The molecule has 0 spiro atoms. The smallest absolute Gasteiger partial charge is 0.291 e. The standard InChI is InChI=1S/C15H9BrClNO3/c16-10-3-1-2-8-6-13(21-14(8)10)15(20)18-11-7-9(17)4-5-12(11)19/h1-7,19H,(H,18,20). The van der Waals surface area contributed by atoms with Crippen LogP contribution in [0.25, 0.3) is 11.0 Å². The van der Waals surface area contributed by atoms with E-state index in [0.29, 0.717) is 10.6 Å². The summed E-state index contributed by atoms with van der Waals surface area (Å²) >= 11 is 9.20. The topological polar surface area (TPSA) is 62.5 Å². The number of fused-ring (bicyclic) bond motifs is 1. The van der Waals surface area contributed by atoms with Crippen LogP contribution in [0.4, 0.5) is 5.69 Å². The van der Waals surface area contributed by atoms with Crippen molar-refractivity contribution in [3.05, 3.63) is 57.7 Å². The molecule has 0 aliphatic heterocycles. The van der Waals surface area contributed by atoms with Crippen molar-refractivity contribution in [1.82, 2.24) is 0 Å². The van der Waals surface area contributed by atoms with Gasteiger partial charge in [0.25, 0.3) is 5.91 Å². The monoisotopic (exact) mass is 365 g/mol. The van der Waals surface area contributed by atoms with E-state index in [9.17, 15) is 9.90 Å². The van der Waals surface area contributed by atoms with Crippen LogP contribution in [-0.2, 0) is 0 Å². The van der Waals surface area contributed by atoms with Crippen LogP contribution in [0.5, 0.6) is 5.75 Å². The van der Waals surface area contributed by atoms with E-state index < -0.39 is 5.91 Å². The van der Waals surface area contributed by atoms with Crippen molar-refractivity contribution in [2.75, 3.05) is 5.32 Å². The lowest BCUT2D eigenvalue weighted by molar-refractivity contribution is 0.0998. The van der Waals surface area contributed by atoms with Crippen molar-refractivity contribution in [2.45, 2.75) is 0 Å². The van der Waals surface area contributed by atoms with Crippen molar-refractivity contribution >= 4 is 50.1 Å². The van der Waals surface area contributed by atoms with Crippen molar-refractivity contribution < 1.29 is 14.3 Å². The molecule has 0 unspecified atom stereocenters. The summed E-state index contributed by atoms with van der Waals surface area (Å²) in [6.45, 7) is 0. The highest BCUT2D eigenvalue weighted by atomic mass is 79.9. The summed E-state index contributed by atoms with van der Waals surface area (Å²) in [5, 5.41) is 13.5. The van der Waals surface area contributed by atoms with Crippen LogP contribution in [0.15, 0.2) is 51.4 Å². The fourth-order valence-corrected chi connectivity index (χ4v) is 2.57. The van der Waals surface area contributed by atoms with E-state index in [4.69, 9.17) is 16.0 Å². The molecule has 0 atom stereocenters. The number of aromatic hydroxyl groups is 1. The molecular formula is C15H9BrClNO3. The molecule has 2 aromatic carbocycles. The molecule has 0 bridgehead atoms. The molecule has 0 saturated carbocycles. The Morgan fingerprint density at radius 1 is 1.24 bits per heavy atom. The molecule has 2 N–H and O–H groups in total. The van der Waals surface area contributed by atoms with Crippen molar-refractivity contribution in [3.8, 4) is 5.75 Å². The second-order valence-electron chi connectivity index (χ2n) is 4.38. The number of furan rings is 1. The van der Waals surface area contributed by atoms with Gasteiger partial charge < -0.3 is 14.8 Å². The maximum Gasteiger partial charge on any atom is 0.291 e. The lowest BCUT2D eigenvalue weighted by Crippen LogP contribution is -2.10. The first-order valence-electron chi connectivity index (χ1n) is 6.02. The second kappa shape index (κ2) is 5.42. The van der Waals surface area contributed by atoms with Gasteiger partial charge in [0.15, 0.2) is 5.76 Å². The Bertz CT molecular complexity index is 844. The van der Waals surface area contributed by atoms with Gasteiger partial charge in [-0.2, -0.15) is 0 Å². The second-order valence-corrected chi connectivity index (χ2v) is 5.68. The van der Waals surface area contributed by atoms with Gasteiger partial charge in [0.05, 0.1) is 10.2 Å². The highest BCUT2D eigenvalue weighted by Gasteiger charge is 2.15. The molecule has 1 amide bonds. The van der Waals surface area contributed by atoms with Crippen molar-refractivity contribution in [3.63, 3.8) is 0 Å². The number of benzene rings is 2. The Kier molecular flexibility index (Phi) is 3.61. The fourth-order valence-electron chi connectivity index (χ4n) is 1.93. The maximum atomic E-state index is 12.2. The van der Waals surface area contributed by atoms with Crippen molar-refractivity contribution in [1.29, 1.82) is 0 Å². The summed E-state index contributed by atoms with van der Waals surface area (Å²) in [7, 11) is 0. The van der Waals surface area contributed by atoms with Gasteiger partial charge in [-0.05, 0) is 46.3 Å². The predicted molar refractivity (Wildman–Crippen MR) is 85.0 cm³/mol. The maximum absolute atomic E-state index is 12.2. The summed E-state index contributed by atoms with van der Waals surface area (Å²) in [5.74, 6) is -0.378. The number of carbonyl (C=O) groups is 1. The zero-order chi connectivity index (χ0) is 15.0. The molecule has 1 heterocycles. The molecule has 0 aliphatic carbocycles. The van der Waals surface area contributed by atoms with E-state index in [1.807, 2.05) is 18.2 Å². The minimum atomic E-state index is -0.462. The summed E-state index contributed by atoms with van der Waals surface area (Å²) in [6.07, 6.45) is 0. The first-order valence-corrected chi connectivity index (χ1v) is 7.19. The molecule has 0 radical (unpaired) electrons. The number of anilines is 1. The number of para-hydroxylation sites is 1. The molecule has 6 heteroatoms. The molecule has 0 aliphatic rings. The van der Waals surface area contributed by atoms with Crippen molar-refractivity contribution in [2.24, 2.45) is 0 Å².